The first-order chi connectivity index (χ1) is 6.76. The van der Waals surface area contributed by atoms with Crippen LogP contribution in [0.25, 0.3) is 0 Å². The van der Waals surface area contributed by atoms with Crippen LogP contribution >= 0.6 is 11.8 Å². The summed E-state index contributed by atoms with van der Waals surface area (Å²) in [6.07, 6.45) is 7.07. The summed E-state index contributed by atoms with van der Waals surface area (Å²) in [5, 5.41) is 4.06. The van der Waals surface area contributed by atoms with Gasteiger partial charge in [0.1, 0.15) is 0 Å². The van der Waals surface area contributed by atoms with E-state index in [4.69, 9.17) is 0 Å². The molecule has 0 atom stereocenters. The molecule has 0 aromatic rings. The van der Waals surface area contributed by atoms with Gasteiger partial charge < -0.3 is 10.1 Å². The van der Waals surface area contributed by atoms with Gasteiger partial charge in [-0.2, -0.15) is 11.8 Å². The largest absolute Gasteiger partial charge is 0.468 e. The van der Waals surface area contributed by atoms with E-state index in [-0.39, 0.29) is 5.97 Å². The van der Waals surface area contributed by atoms with Gasteiger partial charge in [-0.3, -0.25) is 4.79 Å². The molecule has 1 fully saturated rings. The Morgan fingerprint density at radius 3 is 2.57 bits per heavy atom. The number of thioether (sulfide) groups is 1. The second-order valence-electron chi connectivity index (χ2n) is 3.67. The molecule has 1 saturated carbocycles. The van der Waals surface area contributed by atoms with Crippen LogP contribution in [0.1, 0.15) is 25.7 Å². The van der Waals surface area contributed by atoms with Crippen LogP contribution in [0.15, 0.2) is 0 Å². The van der Waals surface area contributed by atoms with E-state index in [0.717, 1.165) is 5.25 Å². The van der Waals surface area contributed by atoms with E-state index < -0.39 is 0 Å². The number of carbonyl (C=O) groups excluding carboxylic acids is 1. The highest BCUT2D eigenvalue weighted by molar-refractivity contribution is 7.99. The maximum Gasteiger partial charge on any atom is 0.319 e. The first-order valence-corrected chi connectivity index (χ1v) is 6.38. The minimum atomic E-state index is -0.169. The average molecular weight is 217 g/mol. The van der Waals surface area contributed by atoms with Gasteiger partial charge in [0.05, 0.1) is 13.7 Å². The quantitative estimate of drug-likeness (QED) is 0.723. The molecular weight excluding hydrogens is 198 g/mol. The highest BCUT2D eigenvalue weighted by Crippen LogP contribution is 2.26. The number of ether oxygens (including phenoxy) is 1. The molecule has 1 rings (SSSR count). The molecule has 0 aromatic carbocycles. The van der Waals surface area contributed by atoms with Gasteiger partial charge in [0, 0.05) is 11.3 Å². The molecule has 0 unspecified atom stereocenters. The Morgan fingerprint density at radius 2 is 2.07 bits per heavy atom. The van der Waals surface area contributed by atoms with E-state index >= 15 is 0 Å². The van der Waals surface area contributed by atoms with Gasteiger partial charge in [-0.15, -0.1) is 0 Å². The van der Waals surface area contributed by atoms with Crippen molar-refractivity contribution >= 4 is 17.7 Å². The minimum Gasteiger partial charge on any atom is -0.468 e. The summed E-state index contributed by atoms with van der Waals surface area (Å²) in [5.74, 6) is -0.169. The van der Waals surface area contributed by atoms with Crippen molar-refractivity contribution in [2.24, 2.45) is 0 Å². The Labute approximate surface area is 90.0 Å². The van der Waals surface area contributed by atoms with Gasteiger partial charge in [-0.1, -0.05) is 0 Å². The lowest BCUT2D eigenvalue weighted by atomic mass is 9.95. The molecule has 14 heavy (non-hydrogen) atoms. The zero-order chi connectivity index (χ0) is 10.4. The number of methoxy groups -OCH3 is 1. The molecule has 3 nitrogen and oxygen atoms in total. The molecule has 0 saturated heterocycles. The predicted molar refractivity (Wildman–Crippen MR) is 59.6 cm³/mol. The van der Waals surface area contributed by atoms with Crippen molar-refractivity contribution in [3.63, 3.8) is 0 Å². The van der Waals surface area contributed by atoms with E-state index in [9.17, 15) is 4.79 Å². The van der Waals surface area contributed by atoms with Crippen molar-refractivity contribution in [3.05, 3.63) is 0 Å². The Bertz CT molecular complexity index is 179. The van der Waals surface area contributed by atoms with Crippen LogP contribution in [-0.4, -0.2) is 37.2 Å². The maximum atomic E-state index is 10.9. The van der Waals surface area contributed by atoms with Crippen LogP contribution in [0, 0.1) is 0 Å². The Balaban J connectivity index is 2.13. The summed E-state index contributed by atoms with van der Waals surface area (Å²) in [6, 6.07) is 0.512. The SMILES string of the molecule is COC(=O)CNC1CCC(SC)CC1. The standard InChI is InChI=1S/C10H19NO2S/c1-13-10(12)7-11-8-3-5-9(14-2)6-4-8/h8-9,11H,3-7H2,1-2H3. The smallest absolute Gasteiger partial charge is 0.319 e. The highest BCUT2D eigenvalue weighted by atomic mass is 32.2. The van der Waals surface area contributed by atoms with Crippen LogP contribution in [0.4, 0.5) is 0 Å². The van der Waals surface area contributed by atoms with Crippen LogP contribution in [-0.2, 0) is 9.53 Å². The van der Waals surface area contributed by atoms with Crippen molar-refractivity contribution in [1.82, 2.24) is 5.32 Å². The van der Waals surface area contributed by atoms with Gasteiger partial charge in [0.2, 0.25) is 0 Å². The molecule has 0 bridgehead atoms. The summed E-state index contributed by atoms with van der Waals surface area (Å²) < 4.78 is 4.58. The lowest BCUT2D eigenvalue weighted by Crippen LogP contribution is -2.37. The lowest BCUT2D eigenvalue weighted by molar-refractivity contribution is -0.139. The molecule has 0 heterocycles. The van der Waals surface area contributed by atoms with Crippen LogP contribution in [0.5, 0.6) is 0 Å². The molecular formula is C10H19NO2S. The van der Waals surface area contributed by atoms with Crippen molar-refractivity contribution in [2.45, 2.75) is 37.0 Å². The highest BCUT2D eigenvalue weighted by Gasteiger charge is 2.20. The number of esters is 1. The van der Waals surface area contributed by atoms with Crippen LogP contribution in [0.2, 0.25) is 0 Å². The molecule has 82 valence electrons. The normalized spacial score (nSPS) is 27.3. The molecule has 0 aliphatic heterocycles. The maximum absolute atomic E-state index is 10.9. The molecule has 1 aliphatic rings. The van der Waals surface area contributed by atoms with Gasteiger partial charge in [0.25, 0.3) is 0 Å². The molecule has 1 N–H and O–H groups in total. The van der Waals surface area contributed by atoms with E-state index in [0.29, 0.717) is 12.6 Å². The van der Waals surface area contributed by atoms with Gasteiger partial charge in [0.15, 0.2) is 0 Å². The first kappa shape index (κ1) is 11.9. The zero-order valence-corrected chi connectivity index (χ0v) is 9.73. The minimum absolute atomic E-state index is 0.169. The fourth-order valence-electron chi connectivity index (χ4n) is 1.80. The fourth-order valence-corrected chi connectivity index (χ4v) is 2.55. The Morgan fingerprint density at radius 1 is 1.43 bits per heavy atom. The van der Waals surface area contributed by atoms with E-state index in [1.807, 2.05) is 11.8 Å². The van der Waals surface area contributed by atoms with Crippen LogP contribution in [0.3, 0.4) is 0 Å². The summed E-state index contributed by atoms with van der Waals surface area (Å²) in [6.45, 7) is 0.352. The summed E-state index contributed by atoms with van der Waals surface area (Å²) in [4.78, 5) is 10.9. The second kappa shape index (κ2) is 6.30. The third kappa shape index (κ3) is 3.88. The van der Waals surface area contributed by atoms with E-state index in [2.05, 4.69) is 16.3 Å². The molecule has 0 aromatic heterocycles. The lowest BCUT2D eigenvalue weighted by Gasteiger charge is -2.27. The monoisotopic (exact) mass is 217 g/mol. The third-order valence-corrected chi connectivity index (χ3v) is 3.91. The number of hydrogen-bond acceptors (Lipinski definition) is 4. The van der Waals surface area contributed by atoms with Gasteiger partial charge >= 0.3 is 5.97 Å². The van der Waals surface area contributed by atoms with Crippen molar-refractivity contribution in [1.29, 1.82) is 0 Å². The summed E-state index contributed by atoms with van der Waals surface area (Å²) >= 11 is 1.96. The second-order valence-corrected chi connectivity index (χ2v) is 4.80. The Hall–Kier alpha value is -0.220. The van der Waals surface area contributed by atoms with E-state index in [1.165, 1.54) is 32.8 Å². The molecule has 0 spiro atoms. The van der Waals surface area contributed by atoms with E-state index in [1.54, 1.807) is 0 Å². The Kier molecular flexibility index (Phi) is 5.33. The van der Waals surface area contributed by atoms with Crippen molar-refractivity contribution < 1.29 is 9.53 Å². The molecule has 4 heteroatoms. The molecule has 1 aliphatic carbocycles. The molecule has 0 radical (unpaired) electrons. The van der Waals surface area contributed by atoms with Crippen LogP contribution < -0.4 is 5.32 Å². The number of nitrogens with one attached hydrogen (secondary N) is 1. The van der Waals surface area contributed by atoms with Crippen molar-refractivity contribution in [3.8, 4) is 0 Å². The predicted octanol–water partition coefficient (Wildman–Crippen LogP) is 1.42. The number of carbonyl (C=O) groups is 1. The fraction of sp³-hybridized carbons (Fsp3) is 0.900. The topological polar surface area (TPSA) is 38.3 Å². The van der Waals surface area contributed by atoms with Crippen molar-refractivity contribution in [2.75, 3.05) is 19.9 Å². The summed E-state index contributed by atoms with van der Waals surface area (Å²) in [5.41, 5.74) is 0. The zero-order valence-electron chi connectivity index (χ0n) is 8.91. The average Bonchev–Trinajstić information content (AvgIpc) is 2.26. The number of rotatable bonds is 4. The number of hydrogen-bond donors (Lipinski definition) is 1. The third-order valence-electron chi connectivity index (χ3n) is 2.77. The summed E-state index contributed by atoms with van der Waals surface area (Å²) in [7, 11) is 1.43. The van der Waals surface area contributed by atoms with Gasteiger partial charge in [-0.25, -0.2) is 0 Å². The van der Waals surface area contributed by atoms with Gasteiger partial charge in [-0.05, 0) is 31.9 Å². The molecule has 0 amide bonds. The first-order valence-electron chi connectivity index (χ1n) is 5.09.